The number of hydrogen-bond acceptors (Lipinski definition) is 1. The predicted molar refractivity (Wildman–Crippen MR) is 53.4 cm³/mol. The smallest absolute Gasteiger partial charge is 0.0716 e. The first-order chi connectivity index (χ1) is 4.84. The third-order valence-electron chi connectivity index (χ3n) is 1.95. The van der Waals surface area contributed by atoms with Gasteiger partial charge in [-0.1, -0.05) is 30.9 Å². The molecule has 0 aromatic rings. The van der Waals surface area contributed by atoms with Crippen molar-refractivity contribution in [1.29, 1.82) is 0 Å². The highest BCUT2D eigenvalue weighted by Crippen LogP contribution is 2.14. The second-order valence-corrected chi connectivity index (χ2v) is 9.51. The van der Waals surface area contributed by atoms with Crippen LogP contribution in [-0.2, 0) is 0 Å². The Morgan fingerprint density at radius 3 is 2.18 bits per heavy atom. The van der Waals surface area contributed by atoms with Gasteiger partial charge in [0.2, 0.25) is 0 Å². The minimum Gasteiger partial charge on any atom is -0.393 e. The van der Waals surface area contributed by atoms with Crippen molar-refractivity contribution in [3.8, 4) is 0 Å². The number of aliphatic hydroxyl groups is 1. The van der Waals surface area contributed by atoms with E-state index in [1.807, 2.05) is 6.92 Å². The summed E-state index contributed by atoms with van der Waals surface area (Å²) in [7, 11) is -1.08. The molecular formula is C9H20OSi. The topological polar surface area (TPSA) is 20.2 Å². The summed E-state index contributed by atoms with van der Waals surface area (Å²) in [6, 6.07) is 0. The molecule has 0 aromatic heterocycles. The van der Waals surface area contributed by atoms with Gasteiger partial charge in [0.05, 0.1) is 14.2 Å². The Balaban J connectivity index is 4.02. The van der Waals surface area contributed by atoms with Gasteiger partial charge in [-0.2, -0.15) is 0 Å². The van der Waals surface area contributed by atoms with E-state index in [1.54, 1.807) is 0 Å². The molecule has 0 aliphatic heterocycles. The predicted octanol–water partition coefficient (Wildman–Crippen LogP) is 2.58. The summed E-state index contributed by atoms with van der Waals surface area (Å²) in [4.78, 5) is 0. The van der Waals surface area contributed by atoms with Gasteiger partial charge in [0.1, 0.15) is 0 Å². The molecule has 0 saturated carbocycles. The highest BCUT2D eigenvalue weighted by Gasteiger charge is 2.14. The van der Waals surface area contributed by atoms with Crippen molar-refractivity contribution in [3.05, 3.63) is 11.3 Å². The van der Waals surface area contributed by atoms with Crippen LogP contribution >= 0.6 is 0 Å². The van der Waals surface area contributed by atoms with E-state index in [0.29, 0.717) is 0 Å². The largest absolute Gasteiger partial charge is 0.393 e. The molecule has 0 saturated heterocycles. The lowest BCUT2D eigenvalue weighted by atomic mass is 10.3. The van der Waals surface area contributed by atoms with Crippen LogP contribution in [0.5, 0.6) is 0 Å². The van der Waals surface area contributed by atoms with Crippen LogP contribution in [0, 0.1) is 0 Å². The molecule has 11 heavy (non-hydrogen) atoms. The standard InChI is InChI=1S/C9H20OSi/c1-8(10)6-7-9(2)11(3,4)5/h7-8,10H,6H2,1-5H3/b9-7-. The Morgan fingerprint density at radius 2 is 1.91 bits per heavy atom. The summed E-state index contributed by atoms with van der Waals surface area (Å²) in [5, 5.41) is 10.5. The maximum absolute atomic E-state index is 9.04. The van der Waals surface area contributed by atoms with Crippen molar-refractivity contribution < 1.29 is 5.11 Å². The van der Waals surface area contributed by atoms with E-state index in [4.69, 9.17) is 5.11 Å². The quantitative estimate of drug-likeness (QED) is 0.649. The van der Waals surface area contributed by atoms with Crippen molar-refractivity contribution in [2.24, 2.45) is 0 Å². The zero-order chi connectivity index (χ0) is 9.07. The number of allylic oxidation sites excluding steroid dienone is 1. The van der Waals surface area contributed by atoms with Gasteiger partial charge in [-0.05, 0) is 20.3 Å². The number of rotatable bonds is 3. The molecule has 66 valence electrons. The summed E-state index contributed by atoms with van der Waals surface area (Å²) in [5.41, 5.74) is 0. The molecule has 0 aliphatic carbocycles. The zero-order valence-corrected chi connectivity index (χ0v) is 9.31. The maximum atomic E-state index is 9.04. The molecule has 0 fully saturated rings. The Kier molecular flexibility index (Phi) is 4.04. The third-order valence-corrected chi connectivity index (χ3v) is 4.52. The van der Waals surface area contributed by atoms with Crippen LogP contribution in [-0.4, -0.2) is 19.3 Å². The third kappa shape index (κ3) is 5.22. The summed E-state index contributed by atoms with van der Waals surface area (Å²) in [6.07, 6.45) is 2.79. The average molecular weight is 172 g/mol. The van der Waals surface area contributed by atoms with Gasteiger partial charge >= 0.3 is 0 Å². The van der Waals surface area contributed by atoms with E-state index in [0.717, 1.165) is 6.42 Å². The second kappa shape index (κ2) is 4.07. The molecule has 1 N–H and O–H groups in total. The lowest BCUT2D eigenvalue weighted by molar-refractivity contribution is 0.198. The van der Waals surface area contributed by atoms with E-state index in [1.165, 1.54) is 5.20 Å². The van der Waals surface area contributed by atoms with Gasteiger partial charge in [0.25, 0.3) is 0 Å². The molecule has 0 amide bonds. The SMILES string of the molecule is C/C(=C/CC(C)O)[Si](C)(C)C. The zero-order valence-electron chi connectivity index (χ0n) is 8.31. The Morgan fingerprint density at radius 1 is 1.45 bits per heavy atom. The minimum atomic E-state index is -1.08. The van der Waals surface area contributed by atoms with Crippen LogP contribution in [0.25, 0.3) is 0 Å². The summed E-state index contributed by atoms with van der Waals surface area (Å²) in [5.74, 6) is 0. The highest BCUT2D eigenvalue weighted by atomic mass is 28.3. The van der Waals surface area contributed by atoms with Crippen molar-refractivity contribution in [2.45, 2.75) is 46.0 Å². The van der Waals surface area contributed by atoms with E-state index >= 15 is 0 Å². The Hall–Kier alpha value is -0.0831. The van der Waals surface area contributed by atoms with Crippen LogP contribution in [0.3, 0.4) is 0 Å². The molecular weight excluding hydrogens is 152 g/mol. The molecule has 0 spiro atoms. The minimum absolute atomic E-state index is 0.193. The fraction of sp³-hybridized carbons (Fsp3) is 0.778. The van der Waals surface area contributed by atoms with Crippen LogP contribution in [0.2, 0.25) is 19.6 Å². The average Bonchev–Trinajstić information content (AvgIpc) is 1.80. The molecule has 0 bridgehead atoms. The normalized spacial score (nSPS) is 16.7. The van der Waals surface area contributed by atoms with Gasteiger partial charge < -0.3 is 5.11 Å². The van der Waals surface area contributed by atoms with E-state index < -0.39 is 8.07 Å². The second-order valence-electron chi connectivity index (χ2n) is 4.22. The number of hydrogen-bond donors (Lipinski definition) is 1. The van der Waals surface area contributed by atoms with Crippen molar-refractivity contribution >= 4 is 8.07 Å². The van der Waals surface area contributed by atoms with Crippen LogP contribution in [0.1, 0.15) is 20.3 Å². The maximum Gasteiger partial charge on any atom is 0.0716 e. The summed E-state index contributed by atoms with van der Waals surface area (Å²) < 4.78 is 0. The lowest BCUT2D eigenvalue weighted by Gasteiger charge is -2.17. The fourth-order valence-corrected chi connectivity index (χ4v) is 1.38. The van der Waals surface area contributed by atoms with Gasteiger partial charge in [-0.3, -0.25) is 0 Å². The van der Waals surface area contributed by atoms with E-state index in [-0.39, 0.29) is 6.10 Å². The highest BCUT2D eigenvalue weighted by molar-refractivity contribution is 6.82. The molecule has 0 heterocycles. The summed E-state index contributed by atoms with van der Waals surface area (Å²) in [6.45, 7) is 11.0. The van der Waals surface area contributed by atoms with Crippen molar-refractivity contribution in [2.75, 3.05) is 0 Å². The van der Waals surface area contributed by atoms with Crippen molar-refractivity contribution in [3.63, 3.8) is 0 Å². The molecule has 0 aliphatic rings. The molecule has 0 rings (SSSR count). The van der Waals surface area contributed by atoms with Gasteiger partial charge in [0.15, 0.2) is 0 Å². The molecule has 0 radical (unpaired) electrons. The molecule has 1 nitrogen and oxygen atoms in total. The van der Waals surface area contributed by atoms with Crippen molar-refractivity contribution in [1.82, 2.24) is 0 Å². The first-order valence-electron chi connectivity index (χ1n) is 4.19. The first kappa shape index (κ1) is 10.9. The Bertz CT molecular complexity index is 142. The van der Waals surface area contributed by atoms with Gasteiger partial charge in [-0.25, -0.2) is 0 Å². The van der Waals surface area contributed by atoms with E-state index in [9.17, 15) is 0 Å². The van der Waals surface area contributed by atoms with Gasteiger partial charge in [0, 0.05) is 0 Å². The molecule has 2 heteroatoms. The lowest BCUT2D eigenvalue weighted by Crippen LogP contribution is -2.22. The molecule has 0 aromatic carbocycles. The first-order valence-corrected chi connectivity index (χ1v) is 7.69. The van der Waals surface area contributed by atoms with E-state index in [2.05, 4.69) is 32.6 Å². The van der Waals surface area contributed by atoms with Crippen LogP contribution < -0.4 is 0 Å². The molecule has 1 atom stereocenters. The Labute approximate surface area is 71.1 Å². The monoisotopic (exact) mass is 172 g/mol. The fourth-order valence-electron chi connectivity index (χ4n) is 0.654. The van der Waals surface area contributed by atoms with Gasteiger partial charge in [-0.15, -0.1) is 0 Å². The van der Waals surface area contributed by atoms with Crippen LogP contribution in [0.4, 0.5) is 0 Å². The molecule has 1 unspecified atom stereocenters. The summed E-state index contributed by atoms with van der Waals surface area (Å²) >= 11 is 0. The number of aliphatic hydroxyl groups excluding tert-OH is 1. The van der Waals surface area contributed by atoms with Crippen LogP contribution in [0.15, 0.2) is 11.3 Å².